The number of nitrogens with zero attached hydrogens (tertiary/aromatic N) is 1. The first-order valence-electron chi connectivity index (χ1n) is 11.8. The molecule has 0 fully saturated rings. The number of anilines is 1. The molecule has 3 aromatic rings. The second-order valence-corrected chi connectivity index (χ2v) is 11.1. The van der Waals surface area contributed by atoms with Gasteiger partial charge in [-0.15, -0.1) is 0 Å². The van der Waals surface area contributed by atoms with E-state index in [-0.39, 0.29) is 18.5 Å². The number of aryl methyl sites for hydroxylation is 3. The molecule has 4 rings (SSSR count). The molecule has 1 unspecified atom stereocenters. The SMILES string of the molecule is Cc1ccccc1CN(c1ccc(C(=O)NC(C)c2ccc3c(c2)CCCC3)cc1)S(C)(=O)=O. The van der Waals surface area contributed by atoms with E-state index >= 15 is 0 Å². The molecule has 0 spiro atoms. The molecular weight excluding hydrogens is 444 g/mol. The number of carbonyl (C=O) groups is 1. The lowest BCUT2D eigenvalue weighted by molar-refractivity contribution is 0.0940. The zero-order chi connectivity index (χ0) is 24.3. The van der Waals surface area contributed by atoms with E-state index in [1.807, 2.05) is 38.1 Å². The summed E-state index contributed by atoms with van der Waals surface area (Å²) in [7, 11) is -3.50. The van der Waals surface area contributed by atoms with Crippen molar-refractivity contribution in [1.82, 2.24) is 5.32 Å². The second-order valence-electron chi connectivity index (χ2n) is 9.17. The summed E-state index contributed by atoms with van der Waals surface area (Å²) in [5.74, 6) is -0.179. The van der Waals surface area contributed by atoms with Crippen LogP contribution in [-0.4, -0.2) is 20.6 Å². The average molecular weight is 477 g/mol. The van der Waals surface area contributed by atoms with Gasteiger partial charge in [0, 0.05) is 5.56 Å². The molecule has 1 atom stereocenters. The first-order chi connectivity index (χ1) is 16.2. The Morgan fingerprint density at radius 3 is 2.32 bits per heavy atom. The highest BCUT2D eigenvalue weighted by Gasteiger charge is 2.20. The maximum atomic E-state index is 12.9. The third-order valence-electron chi connectivity index (χ3n) is 6.61. The van der Waals surface area contributed by atoms with Crippen molar-refractivity contribution >= 4 is 21.6 Å². The normalized spacial score (nSPS) is 14.2. The van der Waals surface area contributed by atoms with Crippen LogP contribution in [0.25, 0.3) is 0 Å². The van der Waals surface area contributed by atoms with Gasteiger partial charge in [0.05, 0.1) is 24.5 Å². The minimum Gasteiger partial charge on any atom is -0.346 e. The first kappa shape index (κ1) is 24.0. The maximum absolute atomic E-state index is 12.9. The third-order valence-corrected chi connectivity index (χ3v) is 7.75. The van der Waals surface area contributed by atoms with E-state index < -0.39 is 10.0 Å². The van der Waals surface area contributed by atoms with Crippen LogP contribution in [0.4, 0.5) is 5.69 Å². The molecule has 0 saturated carbocycles. The number of hydrogen-bond donors (Lipinski definition) is 1. The van der Waals surface area contributed by atoms with Crippen molar-refractivity contribution in [1.29, 1.82) is 0 Å². The Morgan fingerprint density at radius 2 is 1.65 bits per heavy atom. The highest BCUT2D eigenvalue weighted by atomic mass is 32.2. The lowest BCUT2D eigenvalue weighted by Gasteiger charge is -2.24. The molecular formula is C28H32N2O3S. The van der Waals surface area contributed by atoms with Crippen LogP contribution >= 0.6 is 0 Å². The van der Waals surface area contributed by atoms with Crippen molar-refractivity contribution in [3.63, 3.8) is 0 Å². The quantitative estimate of drug-likeness (QED) is 0.501. The zero-order valence-electron chi connectivity index (χ0n) is 20.0. The van der Waals surface area contributed by atoms with Crippen molar-refractivity contribution in [2.45, 2.75) is 52.1 Å². The molecule has 178 valence electrons. The van der Waals surface area contributed by atoms with Crippen LogP contribution in [0.5, 0.6) is 0 Å². The van der Waals surface area contributed by atoms with Gasteiger partial charge in [0.15, 0.2) is 0 Å². The highest BCUT2D eigenvalue weighted by Crippen LogP contribution is 2.26. The Morgan fingerprint density at radius 1 is 0.971 bits per heavy atom. The maximum Gasteiger partial charge on any atom is 0.251 e. The molecule has 0 aromatic heterocycles. The van der Waals surface area contributed by atoms with Crippen molar-refractivity contribution in [2.75, 3.05) is 10.6 Å². The minimum absolute atomic E-state index is 0.118. The van der Waals surface area contributed by atoms with Crippen molar-refractivity contribution < 1.29 is 13.2 Å². The van der Waals surface area contributed by atoms with E-state index in [4.69, 9.17) is 0 Å². The van der Waals surface area contributed by atoms with Gasteiger partial charge in [-0.05, 0) is 91.6 Å². The van der Waals surface area contributed by atoms with Crippen molar-refractivity contribution in [2.24, 2.45) is 0 Å². The number of carbonyl (C=O) groups excluding carboxylic acids is 1. The number of amides is 1. The zero-order valence-corrected chi connectivity index (χ0v) is 20.9. The molecule has 3 aromatic carbocycles. The molecule has 6 heteroatoms. The van der Waals surface area contributed by atoms with Gasteiger partial charge < -0.3 is 5.32 Å². The van der Waals surface area contributed by atoms with E-state index in [2.05, 4.69) is 23.5 Å². The predicted molar refractivity (Wildman–Crippen MR) is 138 cm³/mol. The minimum atomic E-state index is -3.50. The standard InChI is InChI=1S/C28H32N2O3S/c1-20-8-4-5-11-26(20)19-30(34(3,32)33)27-16-14-23(15-17-27)28(31)29-21(2)24-13-12-22-9-6-7-10-25(22)18-24/h4-5,8,11-18,21H,6-7,9-10,19H2,1-3H3,(H,29,31). The fourth-order valence-electron chi connectivity index (χ4n) is 4.51. The van der Waals surface area contributed by atoms with Crippen LogP contribution in [-0.2, 0) is 29.4 Å². The number of hydrogen-bond acceptors (Lipinski definition) is 3. The van der Waals surface area contributed by atoms with E-state index in [0.29, 0.717) is 11.3 Å². The second kappa shape index (κ2) is 10.0. The summed E-state index contributed by atoms with van der Waals surface area (Å²) in [5, 5.41) is 3.07. The van der Waals surface area contributed by atoms with Crippen LogP contribution < -0.4 is 9.62 Å². The summed E-state index contributed by atoms with van der Waals surface area (Å²) in [5.41, 5.74) is 6.92. The number of sulfonamides is 1. The molecule has 5 nitrogen and oxygen atoms in total. The van der Waals surface area contributed by atoms with E-state index in [0.717, 1.165) is 29.5 Å². The van der Waals surface area contributed by atoms with Gasteiger partial charge in [0.25, 0.3) is 5.91 Å². The van der Waals surface area contributed by atoms with Crippen LogP contribution in [0.15, 0.2) is 66.7 Å². The number of fused-ring (bicyclic) bond motifs is 1. The van der Waals surface area contributed by atoms with Crippen LogP contribution in [0.1, 0.15) is 64.0 Å². The molecule has 0 aliphatic heterocycles. The Hall–Kier alpha value is -3.12. The first-order valence-corrected chi connectivity index (χ1v) is 13.6. The van der Waals surface area contributed by atoms with Gasteiger partial charge in [-0.1, -0.05) is 42.5 Å². The Labute approximate surface area is 202 Å². The van der Waals surface area contributed by atoms with Gasteiger partial charge in [-0.3, -0.25) is 9.10 Å². The van der Waals surface area contributed by atoms with Gasteiger partial charge >= 0.3 is 0 Å². The lowest BCUT2D eigenvalue weighted by atomic mass is 9.89. The lowest BCUT2D eigenvalue weighted by Crippen LogP contribution is -2.30. The fraction of sp³-hybridized carbons (Fsp3) is 0.321. The van der Waals surface area contributed by atoms with E-state index in [1.165, 1.54) is 34.5 Å². The molecule has 0 heterocycles. The predicted octanol–water partition coefficient (Wildman–Crippen LogP) is 5.33. The molecule has 0 radical (unpaired) electrons. The van der Waals surface area contributed by atoms with Crippen LogP contribution in [0.2, 0.25) is 0 Å². The largest absolute Gasteiger partial charge is 0.346 e. The third kappa shape index (κ3) is 5.50. The Kier molecular flexibility index (Phi) is 7.08. The van der Waals surface area contributed by atoms with Gasteiger partial charge in [0.1, 0.15) is 0 Å². The number of rotatable bonds is 7. The molecule has 1 aliphatic carbocycles. The van der Waals surface area contributed by atoms with E-state index in [1.54, 1.807) is 24.3 Å². The number of nitrogens with one attached hydrogen (secondary N) is 1. The molecule has 1 N–H and O–H groups in total. The van der Waals surface area contributed by atoms with Gasteiger partial charge in [0.2, 0.25) is 10.0 Å². The molecule has 0 saturated heterocycles. The summed E-state index contributed by atoms with van der Waals surface area (Å²) in [6.07, 6.45) is 5.90. The van der Waals surface area contributed by atoms with Crippen LogP contribution in [0.3, 0.4) is 0 Å². The van der Waals surface area contributed by atoms with Crippen molar-refractivity contribution in [3.8, 4) is 0 Å². The monoisotopic (exact) mass is 476 g/mol. The average Bonchev–Trinajstić information content (AvgIpc) is 2.82. The van der Waals surface area contributed by atoms with Crippen molar-refractivity contribution in [3.05, 3.63) is 100 Å². The van der Waals surface area contributed by atoms with E-state index in [9.17, 15) is 13.2 Å². The molecule has 1 amide bonds. The Balaban J connectivity index is 1.48. The summed E-state index contributed by atoms with van der Waals surface area (Å²) in [6.45, 7) is 4.20. The summed E-state index contributed by atoms with van der Waals surface area (Å²) in [4.78, 5) is 12.9. The summed E-state index contributed by atoms with van der Waals surface area (Å²) >= 11 is 0. The van der Waals surface area contributed by atoms with Gasteiger partial charge in [-0.25, -0.2) is 8.42 Å². The topological polar surface area (TPSA) is 66.5 Å². The summed E-state index contributed by atoms with van der Waals surface area (Å²) in [6, 6.07) is 20.9. The molecule has 0 bridgehead atoms. The smallest absolute Gasteiger partial charge is 0.251 e. The molecule has 34 heavy (non-hydrogen) atoms. The number of benzene rings is 3. The molecule has 1 aliphatic rings. The van der Waals surface area contributed by atoms with Gasteiger partial charge in [-0.2, -0.15) is 0 Å². The highest BCUT2D eigenvalue weighted by molar-refractivity contribution is 7.92. The fourth-order valence-corrected chi connectivity index (χ4v) is 5.39. The summed E-state index contributed by atoms with van der Waals surface area (Å²) < 4.78 is 26.4. The Bertz CT molecular complexity index is 1280. The van der Waals surface area contributed by atoms with Crippen LogP contribution in [0, 0.1) is 6.92 Å².